The van der Waals surface area contributed by atoms with Crippen LogP contribution in [0.15, 0.2) is 24.3 Å². The van der Waals surface area contributed by atoms with Crippen molar-refractivity contribution in [3.05, 3.63) is 29.8 Å². The number of rotatable bonds is 22. The van der Waals surface area contributed by atoms with E-state index < -0.39 is 24.0 Å². The predicted molar refractivity (Wildman–Crippen MR) is 166 cm³/mol. The third-order valence-corrected chi connectivity index (χ3v) is 14.7. The van der Waals surface area contributed by atoms with Gasteiger partial charge in [0.15, 0.2) is 8.32 Å². The Morgan fingerprint density at radius 1 is 0.821 bits per heavy atom. The summed E-state index contributed by atoms with van der Waals surface area (Å²) in [4.78, 5) is 0. The van der Waals surface area contributed by atoms with Crippen LogP contribution in [0.5, 0.6) is 5.75 Å². The molecule has 0 bridgehead atoms. The molecule has 1 aromatic rings. The van der Waals surface area contributed by atoms with E-state index in [4.69, 9.17) is 18.1 Å². The van der Waals surface area contributed by atoms with Crippen LogP contribution in [0.3, 0.4) is 0 Å². The molecule has 6 nitrogen and oxygen atoms in total. The third kappa shape index (κ3) is 12.6. The minimum Gasteiger partial charge on any atom is -0.497 e. The highest BCUT2D eigenvalue weighted by Gasteiger charge is 2.47. The Labute approximate surface area is 241 Å². The van der Waals surface area contributed by atoms with Crippen LogP contribution in [-0.4, -0.2) is 48.9 Å². The molecular weight excluding hydrogens is 528 g/mol. The summed E-state index contributed by atoms with van der Waals surface area (Å²) >= 11 is 0. The second kappa shape index (κ2) is 17.8. The van der Waals surface area contributed by atoms with Crippen molar-refractivity contribution in [2.24, 2.45) is 0 Å². The fraction of sp³-hybridized carbons (Fsp3) is 0.806. The van der Waals surface area contributed by atoms with E-state index in [1.807, 2.05) is 24.3 Å². The number of methoxy groups -OCH3 is 1. The van der Waals surface area contributed by atoms with Crippen molar-refractivity contribution in [3.8, 4) is 5.75 Å². The molecule has 0 aliphatic rings. The maximum absolute atomic E-state index is 11.8. The zero-order valence-corrected chi connectivity index (χ0v) is 28.2. The van der Waals surface area contributed by atoms with Crippen LogP contribution in [-0.2, 0) is 30.1 Å². The van der Waals surface area contributed by atoms with Crippen molar-refractivity contribution in [3.63, 3.8) is 0 Å². The maximum atomic E-state index is 11.8. The molecule has 1 atom stereocenters. The Morgan fingerprint density at radius 2 is 1.36 bits per heavy atom. The van der Waals surface area contributed by atoms with Crippen LogP contribution in [0, 0.1) is 0 Å². The lowest BCUT2D eigenvalue weighted by atomic mass is 9.92. The first-order valence-electron chi connectivity index (χ1n) is 15.1. The van der Waals surface area contributed by atoms with Crippen molar-refractivity contribution in [1.29, 1.82) is 0 Å². The summed E-state index contributed by atoms with van der Waals surface area (Å²) in [5, 5.41) is 0. The van der Waals surface area contributed by atoms with Crippen LogP contribution in [0.25, 0.3) is 0 Å². The molecule has 0 saturated carbocycles. The highest BCUT2D eigenvalue weighted by Crippen LogP contribution is 2.43. The average Bonchev–Trinajstić information content (AvgIpc) is 2.86. The minimum absolute atomic E-state index is 0.0842. The smallest absolute Gasteiger partial charge is 0.264 e. The summed E-state index contributed by atoms with van der Waals surface area (Å²) in [5.41, 5.74) is 1.75. The van der Waals surface area contributed by atoms with Crippen molar-refractivity contribution >= 4 is 18.4 Å². The topological polar surface area (TPSA) is 71.1 Å². The Kier molecular flexibility index (Phi) is 16.5. The van der Waals surface area contributed by atoms with E-state index >= 15 is 0 Å². The van der Waals surface area contributed by atoms with E-state index in [9.17, 15) is 8.42 Å². The summed E-state index contributed by atoms with van der Waals surface area (Å²) in [6.45, 7) is 16.9. The summed E-state index contributed by atoms with van der Waals surface area (Å²) in [6, 6.07) is 7.91. The molecule has 0 amide bonds. The van der Waals surface area contributed by atoms with Crippen LogP contribution in [0.2, 0.25) is 16.6 Å². The third-order valence-electron chi connectivity index (χ3n) is 8.09. The lowest BCUT2D eigenvalue weighted by molar-refractivity contribution is -0.102. The first-order chi connectivity index (χ1) is 18.3. The van der Waals surface area contributed by atoms with E-state index in [0.717, 1.165) is 36.8 Å². The standard InChI is InChI=1S/C31H58O6SSi/c1-10-11-12-13-14-15-16-21-31(22-23-36-38(9,32)33,35-24-29-17-19-30(34-8)20-18-29)25-37-39(26(2)3,27(4)5)28(6)7/h17-20,26-28H,10-16,21-25H2,1-9H3/t31-/m0/s1. The molecule has 1 aromatic carbocycles. The number of unbranched alkanes of at least 4 members (excludes halogenated alkanes) is 6. The molecule has 0 unspecified atom stereocenters. The van der Waals surface area contributed by atoms with Gasteiger partial charge in [0, 0.05) is 6.42 Å². The van der Waals surface area contributed by atoms with E-state index in [-0.39, 0.29) is 6.61 Å². The molecule has 0 aromatic heterocycles. The van der Waals surface area contributed by atoms with Gasteiger partial charge >= 0.3 is 0 Å². The molecule has 39 heavy (non-hydrogen) atoms. The normalized spacial score (nSPS) is 14.4. The van der Waals surface area contributed by atoms with Crippen LogP contribution in [0.4, 0.5) is 0 Å². The monoisotopic (exact) mass is 586 g/mol. The molecule has 0 saturated heterocycles. The van der Waals surface area contributed by atoms with Gasteiger partial charge in [-0.2, -0.15) is 8.42 Å². The molecule has 228 valence electrons. The molecule has 0 N–H and O–H groups in total. The Morgan fingerprint density at radius 3 is 1.85 bits per heavy atom. The molecule has 0 heterocycles. The van der Waals surface area contributed by atoms with Gasteiger partial charge in [-0.25, -0.2) is 0 Å². The summed E-state index contributed by atoms with van der Waals surface area (Å²) in [7, 11) is -4.04. The van der Waals surface area contributed by atoms with Gasteiger partial charge in [-0.1, -0.05) is 106 Å². The van der Waals surface area contributed by atoms with E-state index in [2.05, 4.69) is 48.5 Å². The lowest BCUT2D eigenvalue weighted by Crippen LogP contribution is -2.52. The first kappa shape index (κ1) is 36.1. The Bertz CT molecular complexity index is 863. The van der Waals surface area contributed by atoms with Gasteiger partial charge in [-0.3, -0.25) is 4.18 Å². The summed E-state index contributed by atoms with van der Waals surface area (Å²) < 4.78 is 48.1. The van der Waals surface area contributed by atoms with E-state index in [0.29, 0.717) is 36.3 Å². The Balaban J connectivity index is 3.23. The van der Waals surface area contributed by atoms with Crippen LogP contribution >= 0.6 is 0 Å². The highest BCUT2D eigenvalue weighted by molar-refractivity contribution is 7.85. The van der Waals surface area contributed by atoms with Crippen molar-refractivity contribution in [2.45, 2.75) is 135 Å². The number of hydrogen-bond donors (Lipinski definition) is 0. The predicted octanol–water partition coefficient (Wildman–Crippen LogP) is 8.65. The molecule has 0 fully saturated rings. The summed E-state index contributed by atoms with van der Waals surface area (Å²) in [5.74, 6) is 0.805. The van der Waals surface area contributed by atoms with Crippen LogP contribution in [0.1, 0.15) is 112 Å². The van der Waals surface area contributed by atoms with Gasteiger partial charge in [0.2, 0.25) is 0 Å². The first-order valence-corrected chi connectivity index (χ1v) is 19.0. The largest absolute Gasteiger partial charge is 0.497 e. The van der Waals surface area contributed by atoms with E-state index in [1.54, 1.807) is 7.11 Å². The molecule has 1 rings (SSSR count). The van der Waals surface area contributed by atoms with Crippen molar-refractivity contribution < 1.29 is 26.5 Å². The minimum atomic E-state index is -3.54. The van der Waals surface area contributed by atoms with Gasteiger partial charge in [-0.05, 0) is 40.7 Å². The zero-order chi connectivity index (χ0) is 29.5. The SMILES string of the molecule is CCCCCCCCC[C@](CCOS(C)(=O)=O)(CO[Si](C(C)C)(C(C)C)C(C)C)OCc1ccc(OC)cc1. The molecule has 0 radical (unpaired) electrons. The van der Waals surface area contributed by atoms with E-state index in [1.165, 1.54) is 32.1 Å². The van der Waals surface area contributed by atoms with Gasteiger partial charge in [0.05, 0.1) is 38.8 Å². The van der Waals surface area contributed by atoms with Crippen LogP contribution < -0.4 is 4.74 Å². The Hall–Kier alpha value is -0.933. The second-order valence-electron chi connectivity index (χ2n) is 12.1. The summed E-state index contributed by atoms with van der Waals surface area (Å²) in [6.07, 6.45) is 10.8. The zero-order valence-electron chi connectivity index (χ0n) is 26.4. The van der Waals surface area contributed by atoms with Gasteiger partial charge in [0.25, 0.3) is 10.1 Å². The number of hydrogen-bond acceptors (Lipinski definition) is 6. The molecular formula is C31H58O6SSi. The molecule has 0 spiro atoms. The van der Waals surface area contributed by atoms with Gasteiger partial charge in [-0.15, -0.1) is 0 Å². The molecule has 8 heteroatoms. The fourth-order valence-corrected chi connectivity index (χ4v) is 11.9. The van der Waals surface area contributed by atoms with Gasteiger partial charge < -0.3 is 13.9 Å². The maximum Gasteiger partial charge on any atom is 0.264 e. The molecule has 0 aliphatic heterocycles. The average molecular weight is 587 g/mol. The highest BCUT2D eigenvalue weighted by atomic mass is 32.2. The van der Waals surface area contributed by atoms with Crippen molar-refractivity contribution in [1.82, 2.24) is 0 Å². The fourth-order valence-electron chi connectivity index (χ4n) is 5.95. The van der Waals surface area contributed by atoms with Gasteiger partial charge in [0.1, 0.15) is 5.75 Å². The molecule has 0 aliphatic carbocycles. The van der Waals surface area contributed by atoms with Crippen molar-refractivity contribution in [2.75, 3.05) is 26.6 Å². The quantitative estimate of drug-likeness (QED) is 0.0769. The second-order valence-corrected chi connectivity index (χ2v) is 19.2. The number of ether oxygens (including phenoxy) is 2. The lowest BCUT2D eigenvalue weighted by Gasteiger charge is -2.45. The number of benzene rings is 1.